The molecule has 0 aliphatic rings. The number of carbonyl (C=O) groups is 1. The number of carbonyl (C=O) groups excluding carboxylic acids is 1. The van der Waals surface area contributed by atoms with E-state index in [1.54, 1.807) is 25.2 Å². The monoisotopic (exact) mass is 349 g/mol. The van der Waals surface area contributed by atoms with E-state index in [0.29, 0.717) is 27.8 Å². The van der Waals surface area contributed by atoms with Crippen LogP contribution in [-0.4, -0.2) is 33.7 Å². The Morgan fingerprint density at radius 3 is 2.79 bits per heavy atom. The number of hydrogen-bond acceptors (Lipinski definition) is 4. The molecule has 0 bridgehead atoms. The lowest BCUT2D eigenvalue weighted by Crippen LogP contribution is -2.26. The van der Waals surface area contributed by atoms with Gasteiger partial charge in [0.1, 0.15) is 0 Å². The van der Waals surface area contributed by atoms with Crippen LogP contribution >= 0.6 is 12.2 Å². The Kier molecular flexibility index (Phi) is 5.56. The maximum absolute atomic E-state index is 12.2. The van der Waals surface area contributed by atoms with Gasteiger partial charge in [0.2, 0.25) is 0 Å². The Morgan fingerprint density at radius 2 is 2.12 bits per heavy atom. The van der Waals surface area contributed by atoms with Crippen molar-refractivity contribution in [3.63, 3.8) is 0 Å². The summed E-state index contributed by atoms with van der Waals surface area (Å²) in [7, 11) is 1.61. The Morgan fingerprint density at radius 1 is 1.42 bits per heavy atom. The van der Waals surface area contributed by atoms with Crippen LogP contribution in [0.25, 0.3) is 10.9 Å². The van der Waals surface area contributed by atoms with Crippen LogP contribution in [-0.2, 0) is 7.05 Å². The smallest absolute Gasteiger partial charge is 0.261 e. The maximum atomic E-state index is 12.2. The summed E-state index contributed by atoms with van der Waals surface area (Å²) in [6, 6.07) is 4.90. The topological polar surface area (TPSA) is 87.1 Å². The first kappa shape index (κ1) is 18.4. The molecule has 0 aliphatic heterocycles. The number of H-pyrrole nitrogens is 1. The van der Waals surface area contributed by atoms with Crippen LogP contribution in [0, 0.1) is 10.2 Å². The molecule has 1 amide bonds. The van der Waals surface area contributed by atoms with Crippen molar-refractivity contribution in [2.45, 2.75) is 26.7 Å². The zero-order valence-corrected chi connectivity index (χ0v) is 15.0. The first-order valence-electron chi connectivity index (χ1n) is 7.87. The molecular formula is C17H23N3O3S. The van der Waals surface area contributed by atoms with Crippen molar-refractivity contribution in [3.05, 3.63) is 38.9 Å². The molecule has 130 valence electrons. The van der Waals surface area contributed by atoms with Gasteiger partial charge in [-0.15, -0.1) is 0 Å². The predicted molar refractivity (Wildman–Crippen MR) is 96.8 cm³/mol. The van der Waals surface area contributed by atoms with Crippen LogP contribution in [0.3, 0.4) is 0 Å². The number of fused-ring (bicyclic) bond motifs is 1. The summed E-state index contributed by atoms with van der Waals surface area (Å²) in [6.45, 7) is 4.63. The zero-order valence-electron chi connectivity index (χ0n) is 14.2. The lowest BCUT2D eigenvalue weighted by molar-refractivity contribution is 0.0948. The summed E-state index contributed by atoms with van der Waals surface area (Å²) in [4.78, 5) is 27.3. The van der Waals surface area contributed by atoms with E-state index >= 15 is 0 Å². The average Bonchev–Trinajstić information content (AvgIpc) is 2.56. The molecule has 1 aromatic heterocycles. The number of nitrogens with zero attached hydrogens (tertiary/aromatic N) is 1. The van der Waals surface area contributed by atoms with Crippen LogP contribution < -0.4 is 10.9 Å². The van der Waals surface area contributed by atoms with Crippen molar-refractivity contribution < 1.29 is 9.90 Å². The maximum Gasteiger partial charge on any atom is 0.261 e. The normalized spacial score (nSPS) is 11.7. The molecule has 0 unspecified atom stereocenters. The first-order valence-corrected chi connectivity index (χ1v) is 8.28. The van der Waals surface area contributed by atoms with E-state index in [1.165, 1.54) is 4.57 Å². The Bertz CT molecular complexity index is 867. The van der Waals surface area contributed by atoms with Crippen LogP contribution in [0.15, 0.2) is 23.0 Å². The SMILES string of the molecule is Cn1c(=S)[nH]c2cc(C(=O)NCCCC(C)(C)CO)ccc2c1=O. The summed E-state index contributed by atoms with van der Waals surface area (Å²) < 4.78 is 1.68. The third kappa shape index (κ3) is 4.10. The highest BCUT2D eigenvalue weighted by Crippen LogP contribution is 2.20. The lowest BCUT2D eigenvalue weighted by atomic mass is 9.89. The molecule has 0 saturated heterocycles. The molecule has 2 rings (SSSR count). The second-order valence-electron chi connectivity index (χ2n) is 6.74. The summed E-state index contributed by atoms with van der Waals surface area (Å²) in [6.07, 6.45) is 1.61. The minimum atomic E-state index is -0.196. The molecule has 0 fully saturated rings. The fourth-order valence-electron chi connectivity index (χ4n) is 2.40. The van der Waals surface area contributed by atoms with Gasteiger partial charge in [0.25, 0.3) is 11.5 Å². The highest BCUT2D eigenvalue weighted by Gasteiger charge is 2.16. The molecular weight excluding hydrogens is 326 g/mol. The molecule has 7 heteroatoms. The van der Waals surface area contributed by atoms with Crippen LogP contribution in [0.1, 0.15) is 37.0 Å². The second-order valence-corrected chi connectivity index (χ2v) is 7.12. The second kappa shape index (κ2) is 7.27. The van der Waals surface area contributed by atoms with Crippen molar-refractivity contribution in [2.75, 3.05) is 13.2 Å². The largest absolute Gasteiger partial charge is 0.396 e. The Labute approximate surface area is 145 Å². The Balaban J connectivity index is 2.09. The zero-order chi connectivity index (χ0) is 17.9. The molecule has 0 saturated carbocycles. The minimum absolute atomic E-state index is 0.125. The number of nitrogens with one attached hydrogen (secondary N) is 2. The van der Waals surface area contributed by atoms with Gasteiger partial charge in [-0.3, -0.25) is 14.2 Å². The molecule has 0 spiro atoms. The van der Waals surface area contributed by atoms with E-state index in [4.69, 9.17) is 12.2 Å². The molecule has 2 aromatic rings. The van der Waals surface area contributed by atoms with Gasteiger partial charge in [-0.05, 0) is 48.7 Å². The van der Waals surface area contributed by atoms with E-state index < -0.39 is 0 Å². The number of aromatic nitrogens is 2. The van der Waals surface area contributed by atoms with Gasteiger partial charge in [-0.2, -0.15) is 0 Å². The van der Waals surface area contributed by atoms with Gasteiger partial charge in [-0.1, -0.05) is 13.8 Å². The number of amides is 1. The highest BCUT2D eigenvalue weighted by molar-refractivity contribution is 7.71. The molecule has 1 aromatic carbocycles. The van der Waals surface area contributed by atoms with Crippen molar-refractivity contribution in [3.8, 4) is 0 Å². The quantitative estimate of drug-likeness (QED) is 0.551. The fourth-order valence-corrected chi connectivity index (χ4v) is 2.59. The van der Waals surface area contributed by atoms with E-state index in [0.717, 1.165) is 12.8 Å². The van der Waals surface area contributed by atoms with Crippen molar-refractivity contribution in [1.82, 2.24) is 14.9 Å². The molecule has 1 heterocycles. The summed E-state index contributed by atoms with van der Waals surface area (Å²) in [5.74, 6) is -0.196. The van der Waals surface area contributed by atoms with E-state index in [-0.39, 0.29) is 23.5 Å². The van der Waals surface area contributed by atoms with E-state index in [1.807, 2.05) is 13.8 Å². The lowest BCUT2D eigenvalue weighted by Gasteiger charge is -2.21. The minimum Gasteiger partial charge on any atom is -0.396 e. The van der Waals surface area contributed by atoms with Crippen LogP contribution in [0.4, 0.5) is 0 Å². The highest BCUT2D eigenvalue weighted by atomic mass is 32.1. The summed E-state index contributed by atoms with van der Waals surface area (Å²) in [5.41, 5.74) is 0.703. The van der Waals surface area contributed by atoms with Gasteiger partial charge in [0, 0.05) is 25.8 Å². The molecule has 6 nitrogen and oxygen atoms in total. The van der Waals surface area contributed by atoms with Gasteiger partial charge >= 0.3 is 0 Å². The first-order chi connectivity index (χ1) is 11.2. The molecule has 0 radical (unpaired) electrons. The number of benzene rings is 1. The van der Waals surface area contributed by atoms with Crippen LogP contribution in [0.5, 0.6) is 0 Å². The van der Waals surface area contributed by atoms with Gasteiger partial charge in [0.05, 0.1) is 10.9 Å². The summed E-state index contributed by atoms with van der Waals surface area (Å²) >= 11 is 5.10. The van der Waals surface area contributed by atoms with Crippen LogP contribution in [0.2, 0.25) is 0 Å². The van der Waals surface area contributed by atoms with Crippen molar-refractivity contribution >= 4 is 29.0 Å². The number of aliphatic hydroxyl groups excluding tert-OH is 1. The molecule has 24 heavy (non-hydrogen) atoms. The van der Waals surface area contributed by atoms with E-state index in [9.17, 15) is 14.7 Å². The number of hydrogen-bond donors (Lipinski definition) is 3. The Hall–Kier alpha value is -1.99. The molecule has 3 N–H and O–H groups in total. The van der Waals surface area contributed by atoms with Crippen molar-refractivity contribution in [2.24, 2.45) is 12.5 Å². The third-order valence-electron chi connectivity index (χ3n) is 4.11. The molecule has 0 aliphatic carbocycles. The number of rotatable bonds is 6. The van der Waals surface area contributed by atoms with Gasteiger partial charge in [0.15, 0.2) is 4.77 Å². The van der Waals surface area contributed by atoms with Gasteiger partial charge in [-0.25, -0.2) is 0 Å². The van der Waals surface area contributed by atoms with Gasteiger partial charge < -0.3 is 15.4 Å². The third-order valence-corrected chi connectivity index (χ3v) is 4.48. The molecule has 0 atom stereocenters. The number of aromatic amines is 1. The van der Waals surface area contributed by atoms with E-state index in [2.05, 4.69) is 10.3 Å². The standard InChI is InChI=1S/C17H23N3O3S/c1-17(2,10-21)7-4-8-18-14(22)11-5-6-12-13(9-11)19-16(24)20(3)15(12)23/h5-6,9,21H,4,7-8,10H2,1-3H3,(H,18,22)(H,19,24). The predicted octanol–water partition coefficient (Wildman–Crippen LogP) is 2.12. The average molecular weight is 349 g/mol. The van der Waals surface area contributed by atoms with Crippen molar-refractivity contribution in [1.29, 1.82) is 0 Å². The fraction of sp³-hybridized carbons (Fsp3) is 0.471. The summed E-state index contributed by atoms with van der Waals surface area (Å²) in [5, 5.41) is 12.6. The number of aliphatic hydroxyl groups is 1.